The van der Waals surface area contributed by atoms with Crippen LogP contribution in [0.2, 0.25) is 0 Å². The molecule has 1 aliphatic carbocycles. The van der Waals surface area contributed by atoms with Crippen LogP contribution in [0.5, 0.6) is 0 Å². The molecule has 0 radical (unpaired) electrons. The Hall–Kier alpha value is -0.860. The van der Waals surface area contributed by atoms with Crippen LogP contribution in [0.25, 0.3) is 0 Å². The highest BCUT2D eigenvalue weighted by Crippen LogP contribution is 2.39. The van der Waals surface area contributed by atoms with Gasteiger partial charge in [-0.1, -0.05) is 24.3 Å². The zero-order chi connectivity index (χ0) is 9.97. The Morgan fingerprint density at radius 1 is 1.50 bits per heavy atom. The Balaban J connectivity index is 2.12. The van der Waals surface area contributed by atoms with Crippen molar-refractivity contribution in [1.82, 2.24) is 0 Å². The first-order valence-corrected chi connectivity index (χ1v) is 5.14. The van der Waals surface area contributed by atoms with Gasteiger partial charge in [0.05, 0.1) is 6.61 Å². The van der Waals surface area contributed by atoms with Gasteiger partial charge in [0.15, 0.2) is 0 Å². The van der Waals surface area contributed by atoms with Crippen LogP contribution in [0, 0.1) is 5.92 Å². The molecule has 1 aliphatic rings. The number of nitrogens with two attached hydrogens (primary N) is 1. The van der Waals surface area contributed by atoms with Gasteiger partial charge in [0, 0.05) is 13.2 Å². The molecule has 0 saturated heterocycles. The minimum absolute atomic E-state index is 0.229. The second kappa shape index (κ2) is 4.11. The van der Waals surface area contributed by atoms with Crippen molar-refractivity contribution < 1.29 is 4.74 Å². The number of methoxy groups -OCH3 is 1. The molecule has 0 unspecified atom stereocenters. The number of rotatable bonds is 4. The van der Waals surface area contributed by atoms with Gasteiger partial charge < -0.3 is 10.5 Å². The molecule has 1 aromatic rings. The molecule has 0 spiro atoms. The van der Waals surface area contributed by atoms with Gasteiger partial charge in [-0.25, -0.2) is 0 Å². The summed E-state index contributed by atoms with van der Waals surface area (Å²) in [6.07, 6.45) is 2.57. The van der Waals surface area contributed by atoms with Crippen LogP contribution in [-0.4, -0.2) is 7.11 Å². The van der Waals surface area contributed by atoms with E-state index in [1.165, 1.54) is 24.0 Å². The summed E-state index contributed by atoms with van der Waals surface area (Å²) in [5.41, 5.74) is 8.59. The molecule has 2 rings (SSSR count). The molecular weight excluding hydrogens is 174 g/mol. The van der Waals surface area contributed by atoms with Crippen molar-refractivity contribution in [2.75, 3.05) is 7.11 Å². The fourth-order valence-corrected chi connectivity index (χ4v) is 1.78. The minimum Gasteiger partial charge on any atom is -0.380 e. The fourth-order valence-electron chi connectivity index (χ4n) is 1.78. The van der Waals surface area contributed by atoms with E-state index in [4.69, 9.17) is 10.5 Å². The number of hydrogen-bond donors (Lipinski definition) is 1. The molecule has 0 amide bonds. The number of hydrogen-bond acceptors (Lipinski definition) is 2. The van der Waals surface area contributed by atoms with E-state index >= 15 is 0 Å². The fraction of sp³-hybridized carbons (Fsp3) is 0.500. The smallest absolute Gasteiger partial charge is 0.0713 e. The Bertz CT molecular complexity index is 307. The van der Waals surface area contributed by atoms with Crippen LogP contribution < -0.4 is 5.73 Å². The highest BCUT2D eigenvalue weighted by molar-refractivity contribution is 5.26. The minimum atomic E-state index is 0.229. The summed E-state index contributed by atoms with van der Waals surface area (Å²) >= 11 is 0. The highest BCUT2D eigenvalue weighted by Gasteiger charge is 2.29. The summed E-state index contributed by atoms with van der Waals surface area (Å²) in [4.78, 5) is 0. The van der Waals surface area contributed by atoms with Gasteiger partial charge in [-0.2, -0.15) is 0 Å². The Labute approximate surface area is 85.1 Å². The molecule has 14 heavy (non-hydrogen) atoms. The predicted octanol–water partition coefficient (Wildman–Crippen LogP) is 2.24. The molecule has 0 aliphatic heterocycles. The lowest BCUT2D eigenvalue weighted by molar-refractivity contribution is 0.185. The molecule has 0 bridgehead atoms. The van der Waals surface area contributed by atoms with Gasteiger partial charge in [0.25, 0.3) is 0 Å². The zero-order valence-electron chi connectivity index (χ0n) is 8.57. The van der Waals surface area contributed by atoms with Crippen LogP contribution in [0.3, 0.4) is 0 Å². The molecular formula is C12H17NO. The third-order valence-electron chi connectivity index (χ3n) is 2.78. The first-order chi connectivity index (χ1) is 6.81. The molecule has 2 N–H and O–H groups in total. The lowest BCUT2D eigenvalue weighted by atomic mass is 10.0. The molecule has 2 heteroatoms. The van der Waals surface area contributed by atoms with Gasteiger partial charge >= 0.3 is 0 Å². The van der Waals surface area contributed by atoms with Crippen LogP contribution in [0.15, 0.2) is 24.3 Å². The Kier molecular flexibility index (Phi) is 2.85. The van der Waals surface area contributed by atoms with Crippen molar-refractivity contribution in [3.05, 3.63) is 35.4 Å². The van der Waals surface area contributed by atoms with E-state index in [1.54, 1.807) is 7.11 Å². The van der Waals surface area contributed by atoms with Crippen LogP contribution >= 0.6 is 0 Å². The SMILES string of the molecule is COCc1cccc([C@H](N)C2CC2)c1. The van der Waals surface area contributed by atoms with Crippen molar-refractivity contribution in [2.45, 2.75) is 25.5 Å². The van der Waals surface area contributed by atoms with E-state index in [1.807, 2.05) is 0 Å². The summed E-state index contributed by atoms with van der Waals surface area (Å²) in [7, 11) is 1.72. The second-order valence-electron chi connectivity index (χ2n) is 4.04. The molecule has 76 valence electrons. The Morgan fingerprint density at radius 2 is 2.29 bits per heavy atom. The lowest BCUT2D eigenvalue weighted by Crippen LogP contribution is -2.12. The quantitative estimate of drug-likeness (QED) is 0.792. The van der Waals surface area contributed by atoms with Crippen LogP contribution in [0.1, 0.15) is 30.0 Å². The zero-order valence-corrected chi connectivity index (χ0v) is 8.57. The first-order valence-electron chi connectivity index (χ1n) is 5.14. The van der Waals surface area contributed by atoms with Crippen molar-refractivity contribution in [2.24, 2.45) is 11.7 Å². The molecule has 2 nitrogen and oxygen atoms in total. The molecule has 0 heterocycles. The van der Waals surface area contributed by atoms with Crippen LogP contribution in [0.4, 0.5) is 0 Å². The standard InChI is InChI=1S/C12H17NO/c1-14-8-9-3-2-4-11(7-9)12(13)10-5-6-10/h2-4,7,10,12H,5-6,8,13H2,1H3/t12-/m1/s1. The topological polar surface area (TPSA) is 35.2 Å². The maximum atomic E-state index is 6.12. The first kappa shape index (κ1) is 9.69. The van der Waals surface area contributed by atoms with E-state index in [0.717, 1.165) is 0 Å². The summed E-state index contributed by atoms with van der Waals surface area (Å²) in [6.45, 7) is 0.672. The average Bonchev–Trinajstić information content (AvgIpc) is 3.01. The number of benzene rings is 1. The average molecular weight is 191 g/mol. The van der Waals surface area contributed by atoms with Crippen molar-refractivity contribution in [3.8, 4) is 0 Å². The normalized spacial score (nSPS) is 18.1. The molecule has 1 saturated carbocycles. The molecule has 1 fully saturated rings. The van der Waals surface area contributed by atoms with Gasteiger partial charge in [0.1, 0.15) is 0 Å². The summed E-state index contributed by atoms with van der Waals surface area (Å²) < 4.78 is 5.10. The summed E-state index contributed by atoms with van der Waals surface area (Å²) in [6, 6.07) is 8.64. The van der Waals surface area contributed by atoms with Gasteiger partial charge in [-0.05, 0) is 29.9 Å². The van der Waals surface area contributed by atoms with Gasteiger partial charge in [-0.15, -0.1) is 0 Å². The largest absolute Gasteiger partial charge is 0.380 e. The van der Waals surface area contributed by atoms with E-state index in [9.17, 15) is 0 Å². The van der Waals surface area contributed by atoms with Crippen LogP contribution in [-0.2, 0) is 11.3 Å². The molecule has 1 atom stereocenters. The number of ether oxygens (including phenoxy) is 1. The third kappa shape index (κ3) is 2.14. The summed E-state index contributed by atoms with van der Waals surface area (Å²) in [5.74, 6) is 0.716. The van der Waals surface area contributed by atoms with E-state index in [-0.39, 0.29) is 6.04 Å². The highest BCUT2D eigenvalue weighted by atomic mass is 16.5. The maximum absolute atomic E-state index is 6.12. The monoisotopic (exact) mass is 191 g/mol. The van der Waals surface area contributed by atoms with Gasteiger partial charge in [-0.3, -0.25) is 0 Å². The molecule has 1 aromatic carbocycles. The van der Waals surface area contributed by atoms with Crippen molar-refractivity contribution in [1.29, 1.82) is 0 Å². The van der Waals surface area contributed by atoms with Gasteiger partial charge in [0.2, 0.25) is 0 Å². The van der Waals surface area contributed by atoms with Crippen molar-refractivity contribution >= 4 is 0 Å². The second-order valence-corrected chi connectivity index (χ2v) is 4.04. The van der Waals surface area contributed by atoms with E-state index in [0.29, 0.717) is 12.5 Å². The molecule has 0 aromatic heterocycles. The lowest BCUT2D eigenvalue weighted by Gasteiger charge is -2.11. The van der Waals surface area contributed by atoms with Crippen molar-refractivity contribution in [3.63, 3.8) is 0 Å². The third-order valence-corrected chi connectivity index (χ3v) is 2.78. The summed E-state index contributed by atoms with van der Waals surface area (Å²) in [5, 5.41) is 0. The van der Waals surface area contributed by atoms with E-state index < -0.39 is 0 Å². The predicted molar refractivity (Wildman–Crippen MR) is 56.8 cm³/mol. The maximum Gasteiger partial charge on any atom is 0.0713 e. The Morgan fingerprint density at radius 3 is 2.93 bits per heavy atom. The van der Waals surface area contributed by atoms with E-state index in [2.05, 4.69) is 24.3 Å².